The van der Waals surface area contributed by atoms with Crippen molar-refractivity contribution < 1.29 is 4.79 Å². The fourth-order valence-corrected chi connectivity index (χ4v) is 2.34. The van der Waals surface area contributed by atoms with Crippen LogP contribution in [-0.2, 0) is 4.79 Å². The van der Waals surface area contributed by atoms with Gasteiger partial charge in [-0.05, 0) is 24.3 Å². The number of hydrogen-bond donors (Lipinski definition) is 1. The highest BCUT2D eigenvalue weighted by molar-refractivity contribution is 5.76. The van der Waals surface area contributed by atoms with E-state index in [0.29, 0.717) is 18.4 Å². The molecule has 3 heteroatoms. The van der Waals surface area contributed by atoms with Crippen LogP contribution < -0.4 is 5.32 Å². The van der Waals surface area contributed by atoms with Crippen LogP contribution in [0.4, 0.5) is 0 Å². The molecule has 1 fully saturated rings. The Hall–Kier alpha value is -0.830. The van der Waals surface area contributed by atoms with E-state index in [1.807, 2.05) is 4.90 Å². The van der Waals surface area contributed by atoms with Crippen LogP contribution in [-0.4, -0.2) is 36.5 Å². The van der Waals surface area contributed by atoms with Crippen molar-refractivity contribution in [3.05, 3.63) is 12.2 Å². The molecule has 1 saturated heterocycles. The SMILES string of the molecule is C=C(CNC(C)C)CN1CCC(CC)CCC1=O. The highest BCUT2D eigenvalue weighted by atomic mass is 16.2. The van der Waals surface area contributed by atoms with Crippen molar-refractivity contribution in [2.45, 2.75) is 52.5 Å². The highest BCUT2D eigenvalue weighted by Crippen LogP contribution is 2.21. The molecule has 1 rings (SSSR count). The molecule has 0 aromatic rings. The van der Waals surface area contributed by atoms with Gasteiger partial charge in [-0.15, -0.1) is 0 Å². The molecule has 1 aliphatic rings. The van der Waals surface area contributed by atoms with E-state index in [4.69, 9.17) is 0 Å². The molecule has 1 heterocycles. The Bertz CT molecular complexity index is 286. The molecule has 0 saturated carbocycles. The molecule has 1 aliphatic heterocycles. The molecule has 1 atom stereocenters. The molecule has 104 valence electrons. The molecule has 0 bridgehead atoms. The second-order valence-corrected chi connectivity index (χ2v) is 5.70. The fourth-order valence-electron chi connectivity index (χ4n) is 2.34. The maximum Gasteiger partial charge on any atom is 0.222 e. The van der Waals surface area contributed by atoms with E-state index < -0.39 is 0 Å². The summed E-state index contributed by atoms with van der Waals surface area (Å²) in [7, 11) is 0. The third kappa shape index (κ3) is 5.21. The summed E-state index contributed by atoms with van der Waals surface area (Å²) in [6, 6.07) is 0.464. The lowest BCUT2D eigenvalue weighted by molar-refractivity contribution is -0.130. The predicted molar refractivity (Wildman–Crippen MR) is 76.5 cm³/mol. The minimum absolute atomic E-state index is 0.302. The Labute approximate surface area is 112 Å². The molecule has 0 radical (unpaired) electrons. The van der Waals surface area contributed by atoms with E-state index >= 15 is 0 Å². The summed E-state index contributed by atoms with van der Waals surface area (Å²) in [6.45, 7) is 13.0. The van der Waals surface area contributed by atoms with Gasteiger partial charge >= 0.3 is 0 Å². The van der Waals surface area contributed by atoms with Gasteiger partial charge in [0.25, 0.3) is 0 Å². The summed E-state index contributed by atoms with van der Waals surface area (Å²) in [4.78, 5) is 14.0. The zero-order valence-electron chi connectivity index (χ0n) is 12.2. The highest BCUT2D eigenvalue weighted by Gasteiger charge is 2.21. The van der Waals surface area contributed by atoms with Crippen LogP contribution in [0.15, 0.2) is 12.2 Å². The zero-order chi connectivity index (χ0) is 13.5. The molecule has 1 unspecified atom stereocenters. The predicted octanol–water partition coefficient (Wildman–Crippen LogP) is 2.58. The first-order chi connectivity index (χ1) is 8.52. The van der Waals surface area contributed by atoms with E-state index in [1.165, 1.54) is 6.42 Å². The van der Waals surface area contributed by atoms with Crippen molar-refractivity contribution in [1.29, 1.82) is 0 Å². The molecule has 0 aliphatic carbocycles. The first-order valence-electron chi connectivity index (χ1n) is 7.20. The van der Waals surface area contributed by atoms with Crippen LogP contribution in [0.3, 0.4) is 0 Å². The van der Waals surface area contributed by atoms with E-state index in [9.17, 15) is 4.79 Å². The van der Waals surface area contributed by atoms with Gasteiger partial charge in [-0.25, -0.2) is 0 Å². The van der Waals surface area contributed by atoms with Gasteiger partial charge in [0.2, 0.25) is 5.91 Å². The number of rotatable bonds is 6. The van der Waals surface area contributed by atoms with Crippen molar-refractivity contribution in [2.75, 3.05) is 19.6 Å². The fraction of sp³-hybridized carbons (Fsp3) is 0.800. The van der Waals surface area contributed by atoms with Crippen LogP contribution in [0.5, 0.6) is 0 Å². The standard InChI is InChI=1S/C15H28N2O/c1-5-14-6-7-15(18)17(9-8-14)11-13(4)10-16-12(2)3/h12,14,16H,4-11H2,1-3H3. The molecular formula is C15H28N2O. The van der Waals surface area contributed by atoms with Crippen LogP contribution in [0.1, 0.15) is 46.5 Å². The number of likely N-dealkylation sites (tertiary alicyclic amines) is 1. The number of carbonyl (C=O) groups is 1. The zero-order valence-corrected chi connectivity index (χ0v) is 12.2. The summed E-state index contributed by atoms with van der Waals surface area (Å²) >= 11 is 0. The lowest BCUT2D eigenvalue weighted by Crippen LogP contribution is -2.35. The summed E-state index contributed by atoms with van der Waals surface area (Å²) in [5.41, 5.74) is 1.10. The van der Waals surface area contributed by atoms with E-state index in [2.05, 4.69) is 32.7 Å². The lowest BCUT2D eigenvalue weighted by Gasteiger charge is -2.22. The molecule has 1 amide bonds. The van der Waals surface area contributed by atoms with Crippen LogP contribution in [0, 0.1) is 5.92 Å². The molecule has 0 aromatic carbocycles. The molecule has 1 N–H and O–H groups in total. The average molecular weight is 252 g/mol. The normalized spacial score (nSPS) is 21.2. The van der Waals surface area contributed by atoms with Crippen molar-refractivity contribution in [3.63, 3.8) is 0 Å². The Morgan fingerprint density at radius 3 is 2.83 bits per heavy atom. The van der Waals surface area contributed by atoms with Gasteiger partial charge in [0.15, 0.2) is 0 Å². The Balaban J connectivity index is 2.40. The van der Waals surface area contributed by atoms with Crippen LogP contribution in [0.25, 0.3) is 0 Å². The maximum absolute atomic E-state index is 12.0. The molecule has 0 spiro atoms. The van der Waals surface area contributed by atoms with Gasteiger partial charge < -0.3 is 10.2 Å². The Morgan fingerprint density at radius 1 is 1.50 bits per heavy atom. The topological polar surface area (TPSA) is 32.3 Å². The molecule has 0 aromatic heterocycles. The number of nitrogens with one attached hydrogen (secondary N) is 1. The average Bonchev–Trinajstić information content (AvgIpc) is 2.50. The number of amides is 1. The van der Waals surface area contributed by atoms with Gasteiger partial charge in [-0.1, -0.05) is 33.8 Å². The quantitative estimate of drug-likeness (QED) is 0.737. The third-order valence-corrected chi connectivity index (χ3v) is 3.68. The Kier molecular flexibility index (Phi) is 6.41. The second kappa shape index (κ2) is 7.57. The van der Waals surface area contributed by atoms with Gasteiger partial charge in [0, 0.05) is 32.1 Å². The van der Waals surface area contributed by atoms with Crippen molar-refractivity contribution in [2.24, 2.45) is 5.92 Å². The monoisotopic (exact) mass is 252 g/mol. The van der Waals surface area contributed by atoms with Crippen LogP contribution in [0.2, 0.25) is 0 Å². The van der Waals surface area contributed by atoms with Gasteiger partial charge in [-0.2, -0.15) is 0 Å². The van der Waals surface area contributed by atoms with Crippen molar-refractivity contribution in [3.8, 4) is 0 Å². The van der Waals surface area contributed by atoms with E-state index in [1.54, 1.807) is 0 Å². The molecule has 3 nitrogen and oxygen atoms in total. The minimum atomic E-state index is 0.302. The summed E-state index contributed by atoms with van der Waals surface area (Å²) < 4.78 is 0. The van der Waals surface area contributed by atoms with E-state index in [-0.39, 0.29) is 0 Å². The smallest absolute Gasteiger partial charge is 0.222 e. The van der Waals surface area contributed by atoms with E-state index in [0.717, 1.165) is 44.0 Å². The van der Waals surface area contributed by atoms with Gasteiger partial charge in [0.05, 0.1) is 0 Å². The maximum atomic E-state index is 12.0. The van der Waals surface area contributed by atoms with Crippen molar-refractivity contribution >= 4 is 5.91 Å². The first-order valence-corrected chi connectivity index (χ1v) is 7.20. The van der Waals surface area contributed by atoms with Gasteiger partial charge in [0.1, 0.15) is 0 Å². The van der Waals surface area contributed by atoms with Crippen molar-refractivity contribution in [1.82, 2.24) is 10.2 Å². The summed E-state index contributed by atoms with van der Waals surface area (Å²) in [6.07, 6.45) is 4.11. The number of nitrogens with zero attached hydrogens (tertiary/aromatic N) is 1. The van der Waals surface area contributed by atoms with Gasteiger partial charge in [-0.3, -0.25) is 4.79 Å². The minimum Gasteiger partial charge on any atom is -0.339 e. The summed E-state index contributed by atoms with van der Waals surface area (Å²) in [5.74, 6) is 1.03. The molecule has 18 heavy (non-hydrogen) atoms. The largest absolute Gasteiger partial charge is 0.339 e. The Morgan fingerprint density at radius 2 is 2.22 bits per heavy atom. The van der Waals surface area contributed by atoms with Crippen LogP contribution >= 0.6 is 0 Å². The second-order valence-electron chi connectivity index (χ2n) is 5.70. The molecular weight excluding hydrogens is 224 g/mol. The number of hydrogen-bond acceptors (Lipinski definition) is 2. The first kappa shape index (κ1) is 15.2. The number of carbonyl (C=O) groups excluding carboxylic acids is 1. The lowest BCUT2D eigenvalue weighted by atomic mass is 9.98. The summed E-state index contributed by atoms with van der Waals surface area (Å²) in [5, 5.41) is 3.35. The third-order valence-electron chi connectivity index (χ3n) is 3.68.